The number of terminal acetylenes is 1. The van der Waals surface area contributed by atoms with Gasteiger partial charge in [-0.1, -0.05) is 19.8 Å². The number of hydrogen-bond donors (Lipinski definition) is 0. The van der Waals surface area contributed by atoms with Crippen LogP contribution in [0.15, 0.2) is 0 Å². The zero-order valence-corrected chi connectivity index (χ0v) is 15.8. The Morgan fingerprint density at radius 3 is 2.40 bits per heavy atom. The van der Waals surface area contributed by atoms with Crippen molar-refractivity contribution < 1.29 is 9.59 Å². The molecule has 0 spiro atoms. The predicted molar refractivity (Wildman–Crippen MR) is 98.6 cm³/mol. The zero-order chi connectivity index (χ0) is 17.9. The molecule has 3 unspecified atom stereocenters. The molecule has 4 fully saturated rings. The molecule has 25 heavy (non-hydrogen) atoms. The van der Waals surface area contributed by atoms with Gasteiger partial charge >= 0.3 is 0 Å². The monoisotopic (exact) mass is 340 g/mol. The Balaban J connectivity index is 1.64. The Morgan fingerprint density at radius 2 is 1.72 bits per heavy atom. The van der Waals surface area contributed by atoms with Gasteiger partial charge in [0.15, 0.2) is 0 Å². The maximum absolute atomic E-state index is 12.0. The topological polar surface area (TPSA) is 34.1 Å². The normalized spacial score (nSPS) is 54.5. The summed E-state index contributed by atoms with van der Waals surface area (Å²) >= 11 is 0. The molecule has 8 atom stereocenters. The quantitative estimate of drug-likeness (QED) is 0.541. The molecular formula is C23H32O2. The lowest BCUT2D eigenvalue weighted by Crippen LogP contribution is -2.55. The van der Waals surface area contributed by atoms with E-state index in [0.717, 1.165) is 50.2 Å². The lowest BCUT2D eigenvalue weighted by Gasteiger charge is -2.61. The van der Waals surface area contributed by atoms with Gasteiger partial charge in [0.1, 0.15) is 12.6 Å². The van der Waals surface area contributed by atoms with Crippen LogP contribution >= 0.6 is 0 Å². The summed E-state index contributed by atoms with van der Waals surface area (Å²) in [6.45, 7) is 4.83. The Labute approximate surface area is 152 Å². The average Bonchev–Trinajstić information content (AvgIpc) is 2.93. The molecule has 2 nitrogen and oxygen atoms in total. The Hall–Kier alpha value is -1.10. The van der Waals surface area contributed by atoms with E-state index in [0.29, 0.717) is 23.2 Å². The summed E-state index contributed by atoms with van der Waals surface area (Å²) in [5.41, 5.74) is -0.143. The van der Waals surface area contributed by atoms with Crippen LogP contribution in [-0.4, -0.2) is 12.6 Å². The second-order valence-electron chi connectivity index (χ2n) is 10.1. The fourth-order valence-corrected chi connectivity index (χ4v) is 7.95. The molecule has 4 aliphatic carbocycles. The molecule has 136 valence electrons. The standard InChI is InChI=1S/C23H32O2/c1-4-23(15-25)12-9-20-18-6-5-17-13-16(14-24)7-10-21(17,2)19(18)8-11-22(20,23)3/h1,14-20H,5-13H2,2-3H3/t16?,17?,18-,19-,20+,21+,22+,23?/m1/s1. The van der Waals surface area contributed by atoms with Crippen molar-refractivity contribution in [2.75, 3.05) is 0 Å². The van der Waals surface area contributed by atoms with Crippen LogP contribution in [0.3, 0.4) is 0 Å². The van der Waals surface area contributed by atoms with Crippen molar-refractivity contribution in [1.29, 1.82) is 0 Å². The first kappa shape index (κ1) is 17.3. The molecule has 2 heteroatoms. The highest BCUT2D eigenvalue weighted by Crippen LogP contribution is 2.70. The molecule has 0 radical (unpaired) electrons. The highest BCUT2D eigenvalue weighted by Gasteiger charge is 2.64. The minimum absolute atomic E-state index is 0.00609. The number of fused-ring (bicyclic) bond motifs is 5. The van der Waals surface area contributed by atoms with Crippen LogP contribution in [0.5, 0.6) is 0 Å². The minimum Gasteiger partial charge on any atom is -0.303 e. The van der Waals surface area contributed by atoms with Gasteiger partial charge in [-0.3, -0.25) is 0 Å². The Bertz CT molecular complexity index is 618. The molecule has 0 saturated heterocycles. The second-order valence-corrected chi connectivity index (χ2v) is 10.1. The summed E-state index contributed by atoms with van der Waals surface area (Å²) in [6, 6.07) is 0. The zero-order valence-electron chi connectivity index (χ0n) is 15.8. The lowest BCUT2D eigenvalue weighted by molar-refractivity contribution is -0.137. The van der Waals surface area contributed by atoms with Crippen LogP contribution in [0.1, 0.15) is 71.6 Å². The van der Waals surface area contributed by atoms with Gasteiger partial charge in [0.05, 0.1) is 5.41 Å². The maximum atomic E-state index is 12.0. The highest BCUT2D eigenvalue weighted by molar-refractivity contribution is 5.67. The molecule has 0 aromatic carbocycles. The largest absolute Gasteiger partial charge is 0.303 e. The van der Waals surface area contributed by atoms with E-state index < -0.39 is 5.41 Å². The fraction of sp³-hybridized carbons (Fsp3) is 0.826. The molecule has 0 N–H and O–H groups in total. The molecule has 0 amide bonds. The van der Waals surface area contributed by atoms with E-state index >= 15 is 0 Å². The third-order valence-corrected chi connectivity index (χ3v) is 9.62. The molecule has 0 aromatic heterocycles. The summed E-state index contributed by atoms with van der Waals surface area (Å²) in [6.07, 6.45) is 18.4. The van der Waals surface area contributed by atoms with E-state index in [1.54, 1.807) is 0 Å². The van der Waals surface area contributed by atoms with E-state index in [-0.39, 0.29) is 5.41 Å². The number of hydrogen-bond acceptors (Lipinski definition) is 2. The van der Waals surface area contributed by atoms with Gasteiger partial charge in [0.2, 0.25) is 0 Å². The van der Waals surface area contributed by atoms with Gasteiger partial charge < -0.3 is 9.59 Å². The molecule has 0 aliphatic heterocycles. The molecule has 0 aromatic rings. The van der Waals surface area contributed by atoms with Crippen molar-refractivity contribution >= 4 is 12.6 Å². The van der Waals surface area contributed by atoms with Gasteiger partial charge in [-0.25, -0.2) is 0 Å². The maximum Gasteiger partial charge on any atom is 0.138 e. The number of rotatable bonds is 2. The van der Waals surface area contributed by atoms with Crippen molar-refractivity contribution in [1.82, 2.24) is 0 Å². The van der Waals surface area contributed by atoms with E-state index in [2.05, 4.69) is 19.8 Å². The van der Waals surface area contributed by atoms with Gasteiger partial charge in [0, 0.05) is 5.92 Å². The molecule has 4 rings (SSSR count). The summed E-state index contributed by atoms with van der Waals surface area (Å²) in [5, 5.41) is 0. The molecule has 4 aliphatic rings. The van der Waals surface area contributed by atoms with E-state index in [1.165, 1.54) is 32.0 Å². The van der Waals surface area contributed by atoms with Crippen LogP contribution in [0.25, 0.3) is 0 Å². The Morgan fingerprint density at radius 1 is 0.960 bits per heavy atom. The summed E-state index contributed by atoms with van der Waals surface area (Å²) in [7, 11) is 0. The van der Waals surface area contributed by atoms with Gasteiger partial charge in [0.25, 0.3) is 0 Å². The van der Waals surface area contributed by atoms with E-state index in [9.17, 15) is 9.59 Å². The first-order chi connectivity index (χ1) is 11.9. The molecule has 0 heterocycles. The lowest BCUT2D eigenvalue weighted by atomic mass is 9.43. The first-order valence-electron chi connectivity index (χ1n) is 10.3. The summed E-state index contributed by atoms with van der Waals surface area (Å²) in [4.78, 5) is 23.3. The van der Waals surface area contributed by atoms with Gasteiger partial charge in [-0.05, 0) is 92.3 Å². The third-order valence-electron chi connectivity index (χ3n) is 9.62. The minimum atomic E-state index is -0.532. The van der Waals surface area contributed by atoms with Crippen molar-refractivity contribution in [3.05, 3.63) is 0 Å². The van der Waals surface area contributed by atoms with Crippen molar-refractivity contribution in [3.63, 3.8) is 0 Å². The summed E-state index contributed by atoms with van der Waals surface area (Å²) in [5.74, 6) is 6.03. The number of aldehydes is 2. The number of carbonyl (C=O) groups excluding carboxylic acids is 2. The predicted octanol–water partition coefficient (Wildman–Crippen LogP) is 4.66. The molecule has 0 bridgehead atoms. The van der Waals surface area contributed by atoms with Crippen molar-refractivity contribution in [2.45, 2.75) is 71.6 Å². The smallest absolute Gasteiger partial charge is 0.138 e. The summed E-state index contributed by atoms with van der Waals surface area (Å²) < 4.78 is 0. The van der Waals surface area contributed by atoms with Crippen LogP contribution in [0, 0.1) is 58.2 Å². The Kier molecular flexibility index (Phi) is 3.95. The van der Waals surface area contributed by atoms with E-state index in [1.807, 2.05) is 0 Å². The highest BCUT2D eigenvalue weighted by atomic mass is 16.1. The van der Waals surface area contributed by atoms with Crippen LogP contribution in [0.4, 0.5) is 0 Å². The van der Waals surface area contributed by atoms with Crippen LogP contribution < -0.4 is 0 Å². The van der Waals surface area contributed by atoms with Gasteiger partial charge in [-0.2, -0.15) is 0 Å². The van der Waals surface area contributed by atoms with Crippen molar-refractivity contribution in [2.24, 2.45) is 45.8 Å². The van der Waals surface area contributed by atoms with Crippen LogP contribution in [0.2, 0.25) is 0 Å². The molecule has 4 saturated carbocycles. The van der Waals surface area contributed by atoms with Crippen LogP contribution in [-0.2, 0) is 9.59 Å². The fourth-order valence-electron chi connectivity index (χ4n) is 7.95. The van der Waals surface area contributed by atoms with E-state index in [4.69, 9.17) is 6.42 Å². The first-order valence-corrected chi connectivity index (χ1v) is 10.3. The SMILES string of the molecule is C#CC1(C=O)CC[C@H]2[C@@H]3CCC4CC(C=O)CC[C@]4(C)[C@@H]3CC[C@@]21C. The number of carbonyl (C=O) groups is 2. The third kappa shape index (κ3) is 2.11. The van der Waals surface area contributed by atoms with Crippen molar-refractivity contribution in [3.8, 4) is 12.3 Å². The second kappa shape index (κ2) is 5.70. The van der Waals surface area contributed by atoms with Gasteiger partial charge in [-0.15, -0.1) is 6.42 Å². The molecular weight excluding hydrogens is 308 g/mol. The average molecular weight is 341 g/mol.